The van der Waals surface area contributed by atoms with Crippen molar-refractivity contribution < 1.29 is 4.79 Å². The first kappa shape index (κ1) is 14.6. The van der Waals surface area contributed by atoms with Crippen LogP contribution >= 0.6 is 0 Å². The third-order valence-corrected chi connectivity index (χ3v) is 4.22. The summed E-state index contributed by atoms with van der Waals surface area (Å²) < 4.78 is 0. The van der Waals surface area contributed by atoms with E-state index in [9.17, 15) is 4.79 Å². The summed E-state index contributed by atoms with van der Waals surface area (Å²) in [5.41, 5.74) is 5.10. The maximum absolute atomic E-state index is 11.5. The van der Waals surface area contributed by atoms with E-state index in [-0.39, 0.29) is 5.91 Å². The summed E-state index contributed by atoms with van der Waals surface area (Å²) in [7, 11) is 0. The lowest BCUT2D eigenvalue weighted by Gasteiger charge is -2.06. The molecule has 0 atom stereocenters. The molecule has 0 saturated carbocycles. The van der Waals surface area contributed by atoms with E-state index in [4.69, 9.17) is 0 Å². The predicted octanol–water partition coefficient (Wildman–Crippen LogP) is 3.42. The van der Waals surface area contributed by atoms with Gasteiger partial charge in [0.2, 0.25) is 5.91 Å². The summed E-state index contributed by atoms with van der Waals surface area (Å²) in [5.74, 6) is 0.884. The molecule has 4 rings (SSSR count). The Morgan fingerprint density at radius 2 is 1.88 bits per heavy atom. The summed E-state index contributed by atoms with van der Waals surface area (Å²) in [4.78, 5) is 20.5. The van der Waals surface area contributed by atoms with Crippen LogP contribution in [0.2, 0.25) is 0 Å². The highest BCUT2D eigenvalue weighted by Gasteiger charge is 2.18. The van der Waals surface area contributed by atoms with Crippen LogP contribution in [0.3, 0.4) is 0 Å². The van der Waals surface area contributed by atoms with Gasteiger partial charge in [-0.15, -0.1) is 0 Å². The molecule has 2 aromatic carbocycles. The molecule has 0 aliphatic carbocycles. The first-order valence-corrected chi connectivity index (χ1v) is 8.07. The molecule has 0 unspecified atom stereocenters. The van der Waals surface area contributed by atoms with E-state index in [1.165, 1.54) is 5.56 Å². The molecule has 1 aliphatic rings. The Bertz CT molecular complexity index is 890. The fraction of sp³-hybridized carbons (Fsp3) is 0.150. The fourth-order valence-corrected chi connectivity index (χ4v) is 2.95. The number of nitrogens with one attached hydrogen (secondary N) is 1. The lowest BCUT2D eigenvalue weighted by Crippen LogP contribution is -2.03. The van der Waals surface area contributed by atoms with Gasteiger partial charge in [-0.25, -0.2) is 9.97 Å². The predicted molar refractivity (Wildman–Crippen MR) is 93.7 cm³/mol. The van der Waals surface area contributed by atoms with E-state index in [1.54, 1.807) is 6.20 Å². The average molecular weight is 315 g/mol. The maximum Gasteiger partial charge on any atom is 0.228 e. The first-order valence-electron chi connectivity index (χ1n) is 8.07. The van der Waals surface area contributed by atoms with Gasteiger partial charge in [0.05, 0.1) is 12.1 Å². The minimum atomic E-state index is 0.0494. The third-order valence-electron chi connectivity index (χ3n) is 4.22. The largest absolute Gasteiger partial charge is 0.326 e. The van der Waals surface area contributed by atoms with Gasteiger partial charge >= 0.3 is 0 Å². The number of amides is 1. The van der Waals surface area contributed by atoms with Crippen LogP contribution in [0.4, 0.5) is 5.69 Å². The number of hydrogen-bond donors (Lipinski definition) is 1. The Balaban J connectivity index is 1.55. The molecule has 4 nitrogen and oxygen atoms in total. The molecule has 3 aromatic rings. The van der Waals surface area contributed by atoms with Gasteiger partial charge in [-0.05, 0) is 29.7 Å². The highest BCUT2D eigenvalue weighted by molar-refractivity contribution is 5.99. The first-order chi connectivity index (χ1) is 11.8. The number of anilines is 1. The van der Waals surface area contributed by atoms with E-state index >= 15 is 0 Å². The Morgan fingerprint density at radius 3 is 2.75 bits per heavy atom. The number of rotatable bonds is 4. The number of benzene rings is 2. The van der Waals surface area contributed by atoms with Crippen molar-refractivity contribution in [2.24, 2.45) is 0 Å². The van der Waals surface area contributed by atoms with Crippen LogP contribution in [0, 0.1) is 0 Å². The van der Waals surface area contributed by atoms with E-state index in [0.29, 0.717) is 6.42 Å². The SMILES string of the molecule is O=C1Cc2ccc(-c3ccnc(CCc4ccccc4)n3)cc2N1. The van der Waals surface area contributed by atoms with Crippen molar-refractivity contribution >= 4 is 11.6 Å². The highest BCUT2D eigenvalue weighted by atomic mass is 16.1. The summed E-state index contributed by atoms with van der Waals surface area (Å²) in [6.45, 7) is 0. The minimum absolute atomic E-state index is 0.0494. The van der Waals surface area contributed by atoms with Crippen molar-refractivity contribution in [3.8, 4) is 11.3 Å². The van der Waals surface area contributed by atoms with E-state index in [2.05, 4.69) is 27.4 Å². The molecule has 0 spiro atoms. The van der Waals surface area contributed by atoms with Gasteiger partial charge in [-0.2, -0.15) is 0 Å². The standard InChI is InChI=1S/C20H17N3O/c24-20-13-16-8-7-15(12-18(16)23-20)17-10-11-21-19(22-17)9-6-14-4-2-1-3-5-14/h1-5,7-8,10-12H,6,9,13H2,(H,23,24). The van der Waals surface area contributed by atoms with Gasteiger partial charge in [0.1, 0.15) is 5.82 Å². The van der Waals surface area contributed by atoms with Crippen LogP contribution in [0.25, 0.3) is 11.3 Å². The Kier molecular flexibility index (Phi) is 3.79. The lowest BCUT2D eigenvalue weighted by atomic mass is 10.1. The molecular weight excluding hydrogens is 298 g/mol. The number of carbonyl (C=O) groups is 1. The second-order valence-electron chi connectivity index (χ2n) is 5.94. The summed E-state index contributed by atoms with van der Waals surface area (Å²) in [6, 6.07) is 18.3. The average Bonchev–Trinajstić information content (AvgIpc) is 3.00. The summed E-state index contributed by atoms with van der Waals surface area (Å²) >= 11 is 0. The smallest absolute Gasteiger partial charge is 0.228 e. The molecule has 1 aromatic heterocycles. The molecule has 0 radical (unpaired) electrons. The van der Waals surface area contributed by atoms with Crippen molar-refractivity contribution in [3.05, 3.63) is 77.7 Å². The number of carbonyl (C=O) groups excluding carboxylic acids is 1. The number of fused-ring (bicyclic) bond motifs is 1. The second kappa shape index (κ2) is 6.24. The second-order valence-corrected chi connectivity index (χ2v) is 5.94. The van der Waals surface area contributed by atoms with E-state index < -0.39 is 0 Å². The molecule has 1 N–H and O–H groups in total. The number of aryl methyl sites for hydroxylation is 2. The monoisotopic (exact) mass is 315 g/mol. The number of aromatic nitrogens is 2. The summed E-state index contributed by atoms with van der Waals surface area (Å²) in [6.07, 6.45) is 3.99. The van der Waals surface area contributed by atoms with Gasteiger partial charge < -0.3 is 5.32 Å². The Labute approximate surface area is 140 Å². The lowest BCUT2D eigenvalue weighted by molar-refractivity contribution is -0.115. The zero-order chi connectivity index (χ0) is 16.4. The Hall–Kier alpha value is -3.01. The summed E-state index contributed by atoms with van der Waals surface area (Å²) in [5, 5.41) is 2.89. The quantitative estimate of drug-likeness (QED) is 0.802. The maximum atomic E-state index is 11.5. The molecule has 4 heteroatoms. The third kappa shape index (κ3) is 3.04. The van der Waals surface area contributed by atoms with Gasteiger partial charge in [0, 0.05) is 23.9 Å². The number of hydrogen-bond acceptors (Lipinski definition) is 3. The van der Waals surface area contributed by atoms with Crippen molar-refractivity contribution in [3.63, 3.8) is 0 Å². The molecule has 0 saturated heterocycles. The van der Waals surface area contributed by atoms with Crippen LogP contribution in [0.5, 0.6) is 0 Å². The number of nitrogens with zero attached hydrogens (tertiary/aromatic N) is 2. The minimum Gasteiger partial charge on any atom is -0.326 e. The van der Waals surface area contributed by atoms with Crippen LogP contribution in [0.1, 0.15) is 17.0 Å². The van der Waals surface area contributed by atoms with Crippen molar-refractivity contribution in [2.75, 3.05) is 5.32 Å². The van der Waals surface area contributed by atoms with Crippen LogP contribution in [0.15, 0.2) is 60.8 Å². The van der Waals surface area contributed by atoms with Crippen LogP contribution < -0.4 is 5.32 Å². The molecule has 0 fully saturated rings. The van der Waals surface area contributed by atoms with Gasteiger partial charge in [0.15, 0.2) is 0 Å². The van der Waals surface area contributed by atoms with Gasteiger partial charge in [0.25, 0.3) is 0 Å². The van der Waals surface area contributed by atoms with Crippen molar-refractivity contribution in [2.45, 2.75) is 19.3 Å². The molecule has 0 bridgehead atoms. The van der Waals surface area contributed by atoms with E-state index in [1.807, 2.05) is 42.5 Å². The van der Waals surface area contributed by atoms with Crippen molar-refractivity contribution in [1.82, 2.24) is 9.97 Å². The highest BCUT2D eigenvalue weighted by Crippen LogP contribution is 2.28. The zero-order valence-corrected chi connectivity index (χ0v) is 13.2. The molecular formula is C20H17N3O. The molecule has 1 aliphatic heterocycles. The van der Waals surface area contributed by atoms with Crippen LogP contribution in [-0.4, -0.2) is 15.9 Å². The van der Waals surface area contributed by atoms with Crippen molar-refractivity contribution in [1.29, 1.82) is 0 Å². The zero-order valence-electron chi connectivity index (χ0n) is 13.2. The fourth-order valence-electron chi connectivity index (χ4n) is 2.95. The normalized spacial score (nSPS) is 12.8. The topological polar surface area (TPSA) is 54.9 Å². The molecule has 118 valence electrons. The molecule has 2 heterocycles. The molecule has 24 heavy (non-hydrogen) atoms. The van der Waals surface area contributed by atoms with Gasteiger partial charge in [-0.1, -0.05) is 42.5 Å². The molecule has 1 amide bonds. The van der Waals surface area contributed by atoms with E-state index in [0.717, 1.165) is 41.2 Å². The van der Waals surface area contributed by atoms with Crippen LogP contribution in [-0.2, 0) is 24.1 Å². The Morgan fingerprint density at radius 1 is 1.00 bits per heavy atom. The van der Waals surface area contributed by atoms with Gasteiger partial charge in [-0.3, -0.25) is 4.79 Å².